The molecule has 4 nitrogen and oxygen atoms in total. The van der Waals surface area contributed by atoms with E-state index in [9.17, 15) is 4.79 Å². The number of carbonyl (C=O) groups is 1. The molecule has 0 aliphatic carbocycles. The fourth-order valence-electron chi connectivity index (χ4n) is 1.88. The monoisotopic (exact) mass is 283 g/mol. The standard InChI is InChI=1S/C17H21N3O/c1-17(2,3)20-15-11-9-14(10-12-15)19-16(21)18-13-7-5-4-6-8-13/h4-12,20H,1-3H3,(H2,18,19,21). The first-order chi connectivity index (χ1) is 9.92. The molecular weight excluding hydrogens is 262 g/mol. The molecule has 0 unspecified atom stereocenters. The van der Waals surface area contributed by atoms with Gasteiger partial charge in [-0.2, -0.15) is 0 Å². The van der Waals surface area contributed by atoms with E-state index in [0.29, 0.717) is 0 Å². The number of hydrogen-bond acceptors (Lipinski definition) is 2. The molecule has 0 saturated heterocycles. The molecule has 110 valence electrons. The van der Waals surface area contributed by atoms with Crippen molar-refractivity contribution in [2.75, 3.05) is 16.0 Å². The quantitative estimate of drug-likeness (QED) is 0.774. The fourth-order valence-corrected chi connectivity index (χ4v) is 1.88. The van der Waals surface area contributed by atoms with Gasteiger partial charge in [-0.25, -0.2) is 4.79 Å². The van der Waals surface area contributed by atoms with Gasteiger partial charge in [-0.15, -0.1) is 0 Å². The van der Waals surface area contributed by atoms with E-state index in [1.54, 1.807) is 0 Å². The third-order valence-electron chi connectivity index (χ3n) is 2.69. The van der Waals surface area contributed by atoms with Crippen molar-refractivity contribution in [2.24, 2.45) is 0 Å². The fraction of sp³-hybridized carbons (Fsp3) is 0.235. The topological polar surface area (TPSA) is 53.2 Å². The summed E-state index contributed by atoms with van der Waals surface area (Å²) in [6.45, 7) is 6.31. The van der Waals surface area contributed by atoms with Crippen molar-refractivity contribution in [1.82, 2.24) is 0 Å². The molecule has 3 N–H and O–H groups in total. The second-order valence-corrected chi connectivity index (χ2v) is 5.90. The average molecular weight is 283 g/mol. The van der Waals surface area contributed by atoms with Crippen molar-refractivity contribution >= 4 is 23.1 Å². The Bertz CT molecular complexity index is 586. The smallest absolute Gasteiger partial charge is 0.323 e. The van der Waals surface area contributed by atoms with Crippen molar-refractivity contribution in [3.63, 3.8) is 0 Å². The largest absolute Gasteiger partial charge is 0.380 e. The average Bonchev–Trinajstić information content (AvgIpc) is 2.40. The number of carbonyl (C=O) groups excluding carboxylic acids is 1. The van der Waals surface area contributed by atoms with Gasteiger partial charge in [-0.3, -0.25) is 0 Å². The van der Waals surface area contributed by atoms with Crippen LogP contribution in [-0.2, 0) is 0 Å². The Labute approximate surface area is 125 Å². The van der Waals surface area contributed by atoms with E-state index in [-0.39, 0.29) is 11.6 Å². The third-order valence-corrected chi connectivity index (χ3v) is 2.69. The minimum absolute atomic E-state index is 0.0135. The number of amides is 2. The number of benzene rings is 2. The molecule has 21 heavy (non-hydrogen) atoms. The zero-order valence-electron chi connectivity index (χ0n) is 12.6. The van der Waals surface area contributed by atoms with Gasteiger partial charge in [0.25, 0.3) is 0 Å². The van der Waals surface area contributed by atoms with E-state index in [0.717, 1.165) is 17.1 Å². The van der Waals surface area contributed by atoms with Crippen molar-refractivity contribution < 1.29 is 4.79 Å². The van der Waals surface area contributed by atoms with E-state index in [4.69, 9.17) is 0 Å². The lowest BCUT2D eigenvalue weighted by atomic mass is 10.1. The molecule has 0 bridgehead atoms. The van der Waals surface area contributed by atoms with Gasteiger partial charge in [0.2, 0.25) is 0 Å². The Morgan fingerprint density at radius 3 is 1.76 bits per heavy atom. The lowest BCUT2D eigenvalue weighted by Crippen LogP contribution is -2.26. The molecule has 0 radical (unpaired) electrons. The normalized spacial score (nSPS) is 10.8. The van der Waals surface area contributed by atoms with Crippen LogP contribution in [0.15, 0.2) is 54.6 Å². The van der Waals surface area contributed by atoms with Gasteiger partial charge >= 0.3 is 6.03 Å². The molecule has 0 saturated carbocycles. The van der Waals surface area contributed by atoms with Crippen molar-refractivity contribution in [3.05, 3.63) is 54.6 Å². The van der Waals surface area contributed by atoms with E-state index in [2.05, 4.69) is 36.7 Å². The highest BCUT2D eigenvalue weighted by Crippen LogP contribution is 2.18. The number of nitrogens with one attached hydrogen (secondary N) is 3. The maximum atomic E-state index is 11.9. The molecule has 2 rings (SSSR count). The number of anilines is 3. The summed E-state index contributed by atoms with van der Waals surface area (Å²) in [7, 11) is 0. The molecule has 0 aromatic heterocycles. The summed E-state index contributed by atoms with van der Waals surface area (Å²) in [5, 5.41) is 8.95. The lowest BCUT2D eigenvalue weighted by Gasteiger charge is -2.22. The van der Waals surface area contributed by atoms with Crippen LogP contribution in [0.4, 0.5) is 21.9 Å². The van der Waals surface area contributed by atoms with Gasteiger partial charge in [-0.1, -0.05) is 18.2 Å². The van der Waals surface area contributed by atoms with Crippen LogP contribution in [0.25, 0.3) is 0 Å². The number of rotatable bonds is 3. The molecule has 0 atom stereocenters. The summed E-state index contributed by atoms with van der Waals surface area (Å²) in [6.07, 6.45) is 0. The molecule has 4 heteroatoms. The summed E-state index contributed by atoms with van der Waals surface area (Å²) < 4.78 is 0. The van der Waals surface area contributed by atoms with E-state index >= 15 is 0 Å². The van der Waals surface area contributed by atoms with E-state index < -0.39 is 0 Å². The number of hydrogen-bond donors (Lipinski definition) is 3. The number of urea groups is 1. The van der Waals surface area contributed by atoms with Crippen LogP contribution in [0.3, 0.4) is 0 Å². The molecule has 2 aromatic carbocycles. The highest BCUT2D eigenvalue weighted by Gasteiger charge is 2.09. The van der Waals surface area contributed by atoms with E-state index in [1.165, 1.54) is 0 Å². The predicted molar refractivity (Wildman–Crippen MR) is 88.9 cm³/mol. The lowest BCUT2D eigenvalue weighted by molar-refractivity contribution is 0.262. The Kier molecular flexibility index (Phi) is 4.48. The molecule has 0 spiro atoms. The molecule has 0 heterocycles. The van der Waals surface area contributed by atoms with Gasteiger partial charge in [0.1, 0.15) is 0 Å². The summed E-state index contributed by atoms with van der Waals surface area (Å²) in [6, 6.07) is 16.7. The Balaban J connectivity index is 1.92. The maximum Gasteiger partial charge on any atom is 0.323 e. The van der Waals surface area contributed by atoms with Crippen molar-refractivity contribution in [3.8, 4) is 0 Å². The Morgan fingerprint density at radius 2 is 1.24 bits per heavy atom. The minimum atomic E-state index is -0.252. The molecule has 2 amide bonds. The van der Waals surface area contributed by atoms with Crippen LogP contribution < -0.4 is 16.0 Å². The van der Waals surface area contributed by atoms with Crippen LogP contribution in [0.2, 0.25) is 0 Å². The first kappa shape index (κ1) is 14.9. The van der Waals surface area contributed by atoms with Crippen LogP contribution in [0, 0.1) is 0 Å². The summed E-state index contributed by atoms with van der Waals surface area (Å²) in [4.78, 5) is 11.9. The molecule has 0 fully saturated rings. The summed E-state index contributed by atoms with van der Waals surface area (Å²) in [5.74, 6) is 0. The molecule has 2 aromatic rings. The van der Waals surface area contributed by atoms with Gasteiger partial charge in [0.15, 0.2) is 0 Å². The van der Waals surface area contributed by atoms with Gasteiger partial charge < -0.3 is 16.0 Å². The first-order valence-electron chi connectivity index (χ1n) is 6.94. The Morgan fingerprint density at radius 1 is 0.762 bits per heavy atom. The maximum absolute atomic E-state index is 11.9. The highest BCUT2D eigenvalue weighted by molar-refractivity contribution is 5.99. The minimum Gasteiger partial charge on any atom is -0.380 e. The van der Waals surface area contributed by atoms with Gasteiger partial charge in [0.05, 0.1) is 0 Å². The van der Waals surface area contributed by atoms with Crippen molar-refractivity contribution in [2.45, 2.75) is 26.3 Å². The van der Waals surface area contributed by atoms with Crippen LogP contribution in [0.1, 0.15) is 20.8 Å². The summed E-state index contributed by atoms with van der Waals surface area (Å²) >= 11 is 0. The van der Waals surface area contributed by atoms with Gasteiger partial charge in [0, 0.05) is 22.6 Å². The SMILES string of the molecule is CC(C)(C)Nc1ccc(NC(=O)Nc2ccccc2)cc1. The molecular formula is C17H21N3O. The zero-order chi connectivity index (χ0) is 15.3. The predicted octanol–water partition coefficient (Wildman–Crippen LogP) is 4.54. The highest BCUT2D eigenvalue weighted by atomic mass is 16.2. The van der Waals surface area contributed by atoms with Crippen LogP contribution >= 0.6 is 0 Å². The van der Waals surface area contributed by atoms with Crippen LogP contribution in [0.5, 0.6) is 0 Å². The van der Waals surface area contributed by atoms with Gasteiger partial charge in [-0.05, 0) is 57.2 Å². The Hall–Kier alpha value is -2.49. The zero-order valence-corrected chi connectivity index (χ0v) is 12.6. The van der Waals surface area contributed by atoms with E-state index in [1.807, 2.05) is 54.6 Å². The van der Waals surface area contributed by atoms with Crippen molar-refractivity contribution in [1.29, 1.82) is 0 Å². The third kappa shape index (κ3) is 5.18. The summed E-state index contributed by atoms with van der Waals surface area (Å²) in [5.41, 5.74) is 2.56. The number of para-hydroxylation sites is 1. The second kappa shape index (κ2) is 6.31. The van der Waals surface area contributed by atoms with Crippen LogP contribution in [-0.4, -0.2) is 11.6 Å². The second-order valence-electron chi connectivity index (χ2n) is 5.90. The molecule has 0 aliphatic heterocycles. The first-order valence-corrected chi connectivity index (χ1v) is 6.94. The molecule has 0 aliphatic rings.